The van der Waals surface area contributed by atoms with Gasteiger partial charge in [-0.3, -0.25) is 4.79 Å². The van der Waals surface area contributed by atoms with Gasteiger partial charge in [0.2, 0.25) is 5.91 Å². The summed E-state index contributed by atoms with van der Waals surface area (Å²) in [5, 5.41) is 0. The van der Waals surface area contributed by atoms with Crippen molar-refractivity contribution in [3.05, 3.63) is 0 Å². The minimum absolute atomic E-state index is 0.0232. The van der Waals surface area contributed by atoms with E-state index in [1.54, 1.807) is 4.90 Å². The zero-order valence-corrected chi connectivity index (χ0v) is 16.2. The van der Waals surface area contributed by atoms with Gasteiger partial charge in [-0.25, -0.2) is 4.79 Å². The quantitative estimate of drug-likeness (QED) is 0.833. The molecular weight excluding hydrogens is 306 g/mol. The highest BCUT2D eigenvalue weighted by Crippen LogP contribution is 2.20. The first kappa shape index (κ1) is 20.7. The van der Waals surface area contributed by atoms with Crippen LogP contribution in [-0.2, 0) is 9.53 Å². The van der Waals surface area contributed by atoms with Gasteiger partial charge in [0.05, 0.1) is 6.04 Å². The third kappa shape index (κ3) is 6.30. The molecule has 1 rings (SSSR count). The second kappa shape index (κ2) is 8.70. The number of hydrogen-bond donors (Lipinski definition) is 1. The SMILES string of the molecule is CCN(C[C@@H]1CCCN(C(=O)[C@@H](N)C(C)C)C1)C(=O)OC(C)(C)C. The molecule has 2 amide bonds. The Morgan fingerprint density at radius 3 is 2.46 bits per heavy atom. The molecular formula is C18H35N3O3. The van der Waals surface area contributed by atoms with E-state index in [2.05, 4.69) is 0 Å². The first-order valence-electron chi connectivity index (χ1n) is 9.07. The minimum atomic E-state index is -0.497. The lowest BCUT2D eigenvalue weighted by Gasteiger charge is -2.37. The third-order valence-corrected chi connectivity index (χ3v) is 4.35. The highest BCUT2D eigenvalue weighted by Gasteiger charge is 2.30. The summed E-state index contributed by atoms with van der Waals surface area (Å²) in [6.45, 7) is 14.1. The van der Waals surface area contributed by atoms with Crippen LogP contribution in [0.2, 0.25) is 0 Å². The van der Waals surface area contributed by atoms with E-state index in [0.717, 1.165) is 19.4 Å². The number of hydrogen-bond acceptors (Lipinski definition) is 4. The van der Waals surface area contributed by atoms with Crippen molar-refractivity contribution >= 4 is 12.0 Å². The Bertz CT molecular complexity index is 432. The Labute approximate surface area is 146 Å². The first-order chi connectivity index (χ1) is 11.0. The van der Waals surface area contributed by atoms with Crippen molar-refractivity contribution in [2.45, 2.75) is 66.0 Å². The van der Waals surface area contributed by atoms with Gasteiger partial charge in [-0.05, 0) is 52.4 Å². The van der Waals surface area contributed by atoms with E-state index in [0.29, 0.717) is 19.6 Å². The molecule has 0 aliphatic carbocycles. The van der Waals surface area contributed by atoms with Gasteiger partial charge in [0, 0.05) is 26.2 Å². The molecule has 0 aromatic rings. The van der Waals surface area contributed by atoms with Crippen LogP contribution in [0.3, 0.4) is 0 Å². The van der Waals surface area contributed by atoms with Gasteiger partial charge in [0.25, 0.3) is 0 Å². The fraction of sp³-hybridized carbons (Fsp3) is 0.889. The molecule has 0 unspecified atom stereocenters. The summed E-state index contributed by atoms with van der Waals surface area (Å²) in [4.78, 5) is 28.3. The maximum Gasteiger partial charge on any atom is 0.410 e. The predicted molar refractivity (Wildman–Crippen MR) is 95.6 cm³/mol. The van der Waals surface area contributed by atoms with Crippen molar-refractivity contribution in [3.63, 3.8) is 0 Å². The van der Waals surface area contributed by atoms with Crippen LogP contribution in [-0.4, -0.2) is 59.6 Å². The predicted octanol–water partition coefficient (Wildman–Crippen LogP) is 2.47. The maximum absolute atomic E-state index is 12.5. The Hall–Kier alpha value is -1.30. The molecule has 1 aliphatic heterocycles. The summed E-state index contributed by atoms with van der Waals surface area (Å²) >= 11 is 0. The van der Waals surface area contributed by atoms with Gasteiger partial charge in [0.1, 0.15) is 5.60 Å². The van der Waals surface area contributed by atoms with E-state index in [-0.39, 0.29) is 23.8 Å². The number of nitrogens with zero attached hydrogens (tertiary/aromatic N) is 2. The molecule has 140 valence electrons. The second-order valence-electron chi connectivity index (χ2n) is 8.08. The minimum Gasteiger partial charge on any atom is -0.444 e. The maximum atomic E-state index is 12.5. The normalized spacial score (nSPS) is 20.0. The molecule has 1 saturated heterocycles. The number of amides is 2. The third-order valence-electron chi connectivity index (χ3n) is 4.35. The van der Waals surface area contributed by atoms with E-state index >= 15 is 0 Å². The molecule has 1 aliphatic rings. The van der Waals surface area contributed by atoms with E-state index < -0.39 is 11.6 Å². The van der Waals surface area contributed by atoms with Crippen LogP contribution >= 0.6 is 0 Å². The Morgan fingerprint density at radius 1 is 1.33 bits per heavy atom. The number of carbonyl (C=O) groups is 2. The van der Waals surface area contributed by atoms with Gasteiger partial charge in [-0.15, -0.1) is 0 Å². The van der Waals surface area contributed by atoms with E-state index in [9.17, 15) is 9.59 Å². The van der Waals surface area contributed by atoms with Crippen LogP contribution in [0.25, 0.3) is 0 Å². The highest BCUT2D eigenvalue weighted by molar-refractivity contribution is 5.82. The average molecular weight is 341 g/mol. The van der Waals surface area contributed by atoms with E-state index in [4.69, 9.17) is 10.5 Å². The van der Waals surface area contributed by atoms with E-state index in [1.165, 1.54) is 0 Å². The molecule has 24 heavy (non-hydrogen) atoms. The van der Waals surface area contributed by atoms with Crippen molar-refractivity contribution in [1.29, 1.82) is 0 Å². The lowest BCUT2D eigenvalue weighted by Crippen LogP contribution is -2.51. The molecule has 0 bridgehead atoms. The molecule has 0 spiro atoms. The fourth-order valence-corrected chi connectivity index (χ4v) is 2.88. The van der Waals surface area contributed by atoms with Crippen molar-refractivity contribution in [1.82, 2.24) is 9.80 Å². The van der Waals surface area contributed by atoms with Crippen LogP contribution in [0.4, 0.5) is 4.79 Å². The van der Waals surface area contributed by atoms with Crippen LogP contribution in [0.5, 0.6) is 0 Å². The number of piperidine rings is 1. The van der Waals surface area contributed by atoms with Gasteiger partial charge in [-0.1, -0.05) is 13.8 Å². The fourth-order valence-electron chi connectivity index (χ4n) is 2.88. The lowest BCUT2D eigenvalue weighted by atomic mass is 9.95. The van der Waals surface area contributed by atoms with Crippen molar-refractivity contribution in [2.75, 3.05) is 26.2 Å². The second-order valence-corrected chi connectivity index (χ2v) is 8.08. The monoisotopic (exact) mass is 341 g/mol. The van der Waals surface area contributed by atoms with Gasteiger partial charge in [-0.2, -0.15) is 0 Å². The molecule has 1 heterocycles. The number of carbonyl (C=O) groups excluding carboxylic acids is 2. The molecule has 6 heteroatoms. The Balaban J connectivity index is 2.63. The van der Waals surface area contributed by atoms with Crippen molar-refractivity contribution in [2.24, 2.45) is 17.6 Å². The van der Waals surface area contributed by atoms with Crippen LogP contribution in [0.1, 0.15) is 54.4 Å². The number of nitrogens with two attached hydrogens (primary N) is 1. The zero-order valence-electron chi connectivity index (χ0n) is 16.2. The molecule has 0 saturated carbocycles. The molecule has 2 N–H and O–H groups in total. The van der Waals surface area contributed by atoms with Gasteiger partial charge in [0.15, 0.2) is 0 Å². The van der Waals surface area contributed by atoms with Gasteiger partial charge < -0.3 is 20.3 Å². The summed E-state index contributed by atoms with van der Waals surface area (Å²) in [5.74, 6) is 0.427. The lowest BCUT2D eigenvalue weighted by molar-refractivity contribution is -0.135. The molecule has 0 aromatic carbocycles. The molecule has 0 aromatic heterocycles. The van der Waals surface area contributed by atoms with Crippen molar-refractivity contribution < 1.29 is 14.3 Å². The van der Waals surface area contributed by atoms with Crippen molar-refractivity contribution in [3.8, 4) is 0 Å². The molecule has 1 fully saturated rings. The largest absolute Gasteiger partial charge is 0.444 e. The van der Waals surface area contributed by atoms with E-state index in [1.807, 2.05) is 46.4 Å². The smallest absolute Gasteiger partial charge is 0.410 e. The summed E-state index contributed by atoms with van der Waals surface area (Å²) in [6.07, 6.45) is 1.68. The Kier molecular flexibility index (Phi) is 7.52. The summed E-state index contributed by atoms with van der Waals surface area (Å²) in [5.41, 5.74) is 5.51. The van der Waals surface area contributed by atoms with Crippen LogP contribution < -0.4 is 5.73 Å². The molecule has 2 atom stereocenters. The summed E-state index contributed by atoms with van der Waals surface area (Å²) in [7, 11) is 0. The summed E-state index contributed by atoms with van der Waals surface area (Å²) < 4.78 is 5.46. The zero-order chi connectivity index (χ0) is 18.5. The molecule has 0 radical (unpaired) electrons. The standard InChI is InChI=1S/C18H35N3O3/c1-7-20(17(23)24-18(4,5)6)11-14-9-8-10-21(12-14)16(22)15(19)13(2)3/h13-15H,7-12,19H2,1-6H3/t14-,15-/m0/s1. The topological polar surface area (TPSA) is 75.9 Å². The summed E-state index contributed by atoms with van der Waals surface area (Å²) in [6, 6.07) is -0.447. The van der Waals surface area contributed by atoms with Crippen LogP contribution in [0, 0.1) is 11.8 Å². The number of likely N-dealkylation sites (tertiary alicyclic amines) is 1. The molecule has 6 nitrogen and oxygen atoms in total. The number of rotatable bonds is 5. The highest BCUT2D eigenvalue weighted by atomic mass is 16.6. The average Bonchev–Trinajstić information content (AvgIpc) is 2.49. The first-order valence-corrected chi connectivity index (χ1v) is 9.07. The van der Waals surface area contributed by atoms with Gasteiger partial charge >= 0.3 is 6.09 Å². The van der Waals surface area contributed by atoms with Crippen LogP contribution in [0.15, 0.2) is 0 Å². The Morgan fingerprint density at radius 2 is 1.96 bits per heavy atom. The number of ether oxygens (including phenoxy) is 1.